The summed E-state index contributed by atoms with van der Waals surface area (Å²) < 4.78 is 5.08. The van der Waals surface area contributed by atoms with Crippen LogP contribution in [0.3, 0.4) is 0 Å². The molecule has 0 radical (unpaired) electrons. The number of ether oxygens (including phenoxy) is 1. The van der Waals surface area contributed by atoms with Crippen molar-refractivity contribution >= 4 is 11.8 Å². The highest BCUT2D eigenvalue weighted by Gasteiger charge is 2.29. The van der Waals surface area contributed by atoms with Crippen molar-refractivity contribution in [1.29, 1.82) is 0 Å². The number of methoxy groups -OCH3 is 1. The molecule has 7 heteroatoms. The van der Waals surface area contributed by atoms with Crippen LogP contribution >= 0.6 is 0 Å². The van der Waals surface area contributed by atoms with Gasteiger partial charge in [0.15, 0.2) is 0 Å². The third kappa shape index (κ3) is 2.51. The number of nitrogens with zero attached hydrogens (tertiary/aromatic N) is 3. The van der Waals surface area contributed by atoms with E-state index in [2.05, 4.69) is 15.3 Å². The molecular formula is C11H16N4O3. The minimum absolute atomic E-state index is 0.403. The van der Waals surface area contributed by atoms with Crippen molar-refractivity contribution in [1.82, 2.24) is 15.3 Å². The second kappa shape index (κ2) is 5.18. The smallest absolute Gasteiger partial charge is 0.327 e. The largest absolute Gasteiger partial charge is 0.481 e. The van der Waals surface area contributed by atoms with Gasteiger partial charge in [-0.25, -0.2) is 9.78 Å². The normalized spacial score (nSPS) is 19.7. The molecule has 1 unspecified atom stereocenters. The quantitative estimate of drug-likeness (QED) is 0.760. The number of hydrogen-bond acceptors (Lipinski definition) is 6. The third-order valence-electron chi connectivity index (χ3n) is 2.83. The Labute approximate surface area is 105 Å². The molecular weight excluding hydrogens is 236 g/mol. The van der Waals surface area contributed by atoms with Crippen molar-refractivity contribution in [3.05, 3.63) is 11.9 Å². The molecule has 1 fully saturated rings. The summed E-state index contributed by atoms with van der Waals surface area (Å²) in [6.07, 6.45) is 0. The first-order valence-electron chi connectivity index (χ1n) is 5.71. The van der Waals surface area contributed by atoms with Gasteiger partial charge < -0.3 is 20.1 Å². The lowest BCUT2D eigenvalue weighted by atomic mass is 10.2. The van der Waals surface area contributed by atoms with E-state index in [9.17, 15) is 9.90 Å². The number of aliphatic carboxylic acids is 1. The maximum atomic E-state index is 11.2. The number of piperazine rings is 1. The Morgan fingerprint density at radius 2 is 2.39 bits per heavy atom. The van der Waals surface area contributed by atoms with E-state index in [-0.39, 0.29) is 0 Å². The molecule has 0 bridgehead atoms. The SMILES string of the molecule is COc1cc(N2CCNCC2C(=O)O)nc(C)n1. The average molecular weight is 252 g/mol. The highest BCUT2D eigenvalue weighted by molar-refractivity contribution is 5.78. The summed E-state index contributed by atoms with van der Waals surface area (Å²) in [5.74, 6) is 0.734. The van der Waals surface area contributed by atoms with Gasteiger partial charge >= 0.3 is 5.97 Å². The summed E-state index contributed by atoms with van der Waals surface area (Å²) in [4.78, 5) is 21.4. The molecule has 0 aromatic carbocycles. The van der Waals surface area contributed by atoms with E-state index in [1.165, 1.54) is 7.11 Å². The van der Waals surface area contributed by atoms with E-state index in [1.807, 2.05) is 0 Å². The summed E-state index contributed by atoms with van der Waals surface area (Å²) in [6.45, 7) is 3.48. The first-order chi connectivity index (χ1) is 8.61. The van der Waals surface area contributed by atoms with Crippen molar-refractivity contribution < 1.29 is 14.6 Å². The predicted molar refractivity (Wildman–Crippen MR) is 65.0 cm³/mol. The molecule has 2 rings (SSSR count). The van der Waals surface area contributed by atoms with Crippen LogP contribution < -0.4 is 15.0 Å². The van der Waals surface area contributed by atoms with E-state index >= 15 is 0 Å². The minimum atomic E-state index is -0.863. The van der Waals surface area contributed by atoms with Gasteiger partial charge in [0.25, 0.3) is 0 Å². The molecule has 1 saturated heterocycles. The fraction of sp³-hybridized carbons (Fsp3) is 0.545. The fourth-order valence-corrected chi connectivity index (χ4v) is 1.98. The molecule has 0 aliphatic carbocycles. The van der Waals surface area contributed by atoms with Gasteiger partial charge in [0.1, 0.15) is 17.7 Å². The molecule has 1 aliphatic rings. The Kier molecular flexibility index (Phi) is 3.61. The number of nitrogens with one attached hydrogen (secondary N) is 1. The van der Waals surface area contributed by atoms with E-state index in [4.69, 9.17) is 4.74 Å². The van der Waals surface area contributed by atoms with Gasteiger partial charge in [-0.1, -0.05) is 0 Å². The average Bonchev–Trinajstić information content (AvgIpc) is 2.38. The van der Waals surface area contributed by atoms with Gasteiger partial charge in [0, 0.05) is 25.7 Å². The summed E-state index contributed by atoms with van der Waals surface area (Å²) in [5, 5.41) is 12.3. The highest BCUT2D eigenvalue weighted by atomic mass is 16.5. The molecule has 0 amide bonds. The highest BCUT2D eigenvalue weighted by Crippen LogP contribution is 2.20. The summed E-state index contributed by atoms with van der Waals surface area (Å²) in [5.41, 5.74) is 0. The van der Waals surface area contributed by atoms with Gasteiger partial charge in [-0.3, -0.25) is 0 Å². The molecule has 1 atom stereocenters. The van der Waals surface area contributed by atoms with Crippen molar-refractivity contribution in [3.8, 4) is 5.88 Å². The zero-order valence-corrected chi connectivity index (χ0v) is 10.4. The topological polar surface area (TPSA) is 87.6 Å². The van der Waals surface area contributed by atoms with Crippen LogP contribution in [0.25, 0.3) is 0 Å². The number of carboxylic acid groups (broad SMARTS) is 1. The first-order valence-corrected chi connectivity index (χ1v) is 5.71. The Bertz CT molecular complexity index is 452. The van der Waals surface area contributed by atoms with Gasteiger partial charge in [-0.15, -0.1) is 0 Å². The summed E-state index contributed by atoms with van der Waals surface area (Å²) >= 11 is 0. The lowest BCUT2D eigenvalue weighted by Gasteiger charge is -2.34. The van der Waals surface area contributed by atoms with Crippen LogP contribution in [0.15, 0.2) is 6.07 Å². The Morgan fingerprint density at radius 3 is 3.06 bits per heavy atom. The monoisotopic (exact) mass is 252 g/mol. The number of aromatic nitrogens is 2. The molecule has 1 aromatic heterocycles. The number of rotatable bonds is 3. The Balaban J connectivity index is 2.33. The van der Waals surface area contributed by atoms with Crippen LogP contribution in [0.5, 0.6) is 5.88 Å². The second-order valence-corrected chi connectivity index (χ2v) is 4.07. The second-order valence-electron chi connectivity index (χ2n) is 4.07. The predicted octanol–water partition coefficient (Wildman–Crippen LogP) is -0.344. The Morgan fingerprint density at radius 1 is 1.61 bits per heavy atom. The van der Waals surface area contributed by atoms with E-state index < -0.39 is 12.0 Å². The summed E-state index contributed by atoms with van der Waals surface area (Å²) in [7, 11) is 1.53. The maximum absolute atomic E-state index is 11.2. The zero-order valence-electron chi connectivity index (χ0n) is 10.4. The maximum Gasteiger partial charge on any atom is 0.327 e. The molecule has 2 heterocycles. The number of aryl methyl sites for hydroxylation is 1. The third-order valence-corrected chi connectivity index (χ3v) is 2.83. The molecule has 98 valence electrons. The fourth-order valence-electron chi connectivity index (χ4n) is 1.98. The molecule has 0 saturated carbocycles. The van der Waals surface area contributed by atoms with E-state index in [1.54, 1.807) is 17.9 Å². The van der Waals surface area contributed by atoms with Crippen molar-refractivity contribution in [2.45, 2.75) is 13.0 Å². The number of hydrogen-bond donors (Lipinski definition) is 2. The molecule has 0 spiro atoms. The lowest BCUT2D eigenvalue weighted by molar-refractivity contribution is -0.138. The van der Waals surface area contributed by atoms with Gasteiger partial charge in [0.2, 0.25) is 5.88 Å². The number of carbonyl (C=O) groups is 1. The zero-order chi connectivity index (χ0) is 13.1. The molecule has 1 aromatic rings. The summed E-state index contributed by atoms with van der Waals surface area (Å²) in [6, 6.07) is 1.05. The van der Waals surface area contributed by atoms with Crippen LogP contribution in [0.1, 0.15) is 5.82 Å². The van der Waals surface area contributed by atoms with E-state index in [0.717, 1.165) is 6.54 Å². The van der Waals surface area contributed by atoms with E-state index in [0.29, 0.717) is 30.6 Å². The van der Waals surface area contributed by atoms with Crippen LogP contribution in [-0.4, -0.2) is 53.8 Å². The van der Waals surface area contributed by atoms with Gasteiger partial charge in [0.05, 0.1) is 7.11 Å². The van der Waals surface area contributed by atoms with Gasteiger partial charge in [-0.05, 0) is 6.92 Å². The van der Waals surface area contributed by atoms with Crippen molar-refractivity contribution in [2.24, 2.45) is 0 Å². The first kappa shape index (κ1) is 12.6. The van der Waals surface area contributed by atoms with Gasteiger partial charge in [-0.2, -0.15) is 4.98 Å². The van der Waals surface area contributed by atoms with Crippen LogP contribution in [0, 0.1) is 6.92 Å². The molecule has 7 nitrogen and oxygen atoms in total. The van der Waals surface area contributed by atoms with Crippen molar-refractivity contribution in [3.63, 3.8) is 0 Å². The standard InChI is InChI=1S/C11H16N4O3/c1-7-13-9(5-10(14-7)18-2)15-4-3-12-6-8(15)11(16)17/h5,8,12H,3-4,6H2,1-2H3,(H,16,17). The molecule has 2 N–H and O–H groups in total. The number of anilines is 1. The minimum Gasteiger partial charge on any atom is -0.481 e. The lowest BCUT2D eigenvalue weighted by Crippen LogP contribution is -2.55. The number of carboxylic acids is 1. The Hall–Kier alpha value is -1.89. The van der Waals surface area contributed by atoms with Crippen LogP contribution in [-0.2, 0) is 4.79 Å². The molecule has 1 aliphatic heterocycles. The van der Waals surface area contributed by atoms with Crippen LogP contribution in [0.2, 0.25) is 0 Å². The van der Waals surface area contributed by atoms with Crippen LogP contribution in [0.4, 0.5) is 5.82 Å². The van der Waals surface area contributed by atoms with Crippen molar-refractivity contribution in [2.75, 3.05) is 31.6 Å². The molecule has 18 heavy (non-hydrogen) atoms.